The van der Waals surface area contributed by atoms with Crippen LogP contribution in [0, 0.1) is 0 Å². The molecule has 3 heterocycles. The van der Waals surface area contributed by atoms with Crippen molar-refractivity contribution >= 4 is 31.8 Å². The molecule has 3 aromatic carbocycles. The molecule has 33 heavy (non-hydrogen) atoms. The van der Waals surface area contributed by atoms with Crippen LogP contribution in [0.2, 0.25) is 0 Å². The monoisotopic (exact) mass is 448 g/mol. The standard InChI is InChI=1S/C26H16N4O2S/c31-25-23-22(27-26(32)30(25)18-14-8-3-9-15-18)20-19(16-10-4-1-5-11-16)21(28-29-24(20)33-23)17-12-6-2-7-13-17/h1-15H,(H,27,32). The first-order valence-electron chi connectivity index (χ1n) is 10.4. The summed E-state index contributed by atoms with van der Waals surface area (Å²) in [6.07, 6.45) is 0. The zero-order valence-electron chi connectivity index (χ0n) is 17.2. The normalized spacial score (nSPS) is 11.3. The van der Waals surface area contributed by atoms with Crippen molar-refractivity contribution in [1.29, 1.82) is 0 Å². The Hall–Kier alpha value is -4.36. The van der Waals surface area contributed by atoms with Gasteiger partial charge in [-0.15, -0.1) is 21.5 Å². The highest BCUT2D eigenvalue weighted by atomic mass is 32.1. The van der Waals surface area contributed by atoms with Gasteiger partial charge in [0.15, 0.2) is 0 Å². The molecule has 6 aromatic rings. The number of fused-ring (bicyclic) bond motifs is 3. The van der Waals surface area contributed by atoms with E-state index >= 15 is 0 Å². The molecular weight excluding hydrogens is 432 g/mol. The first-order chi connectivity index (χ1) is 16.2. The lowest BCUT2D eigenvalue weighted by atomic mass is 9.97. The summed E-state index contributed by atoms with van der Waals surface area (Å²) in [6.45, 7) is 0. The number of hydrogen-bond acceptors (Lipinski definition) is 5. The zero-order chi connectivity index (χ0) is 22.4. The van der Waals surface area contributed by atoms with Gasteiger partial charge in [-0.05, 0) is 17.7 Å². The Morgan fingerprint density at radius 2 is 1.33 bits per heavy atom. The third-order valence-corrected chi connectivity index (χ3v) is 6.64. The second kappa shape index (κ2) is 7.65. The average molecular weight is 449 g/mol. The van der Waals surface area contributed by atoms with Crippen LogP contribution in [-0.2, 0) is 0 Å². The Morgan fingerprint density at radius 3 is 2.00 bits per heavy atom. The van der Waals surface area contributed by atoms with Crippen molar-refractivity contribution in [3.05, 3.63) is 112 Å². The Kier molecular flexibility index (Phi) is 4.48. The number of hydrogen-bond donors (Lipinski definition) is 1. The highest BCUT2D eigenvalue weighted by Crippen LogP contribution is 2.40. The summed E-state index contributed by atoms with van der Waals surface area (Å²) in [7, 11) is 0. The van der Waals surface area contributed by atoms with Crippen LogP contribution in [0.1, 0.15) is 0 Å². The van der Waals surface area contributed by atoms with Gasteiger partial charge in [0.1, 0.15) is 15.2 Å². The van der Waals surface area contributed by atoms with Gasteiger partial charge in [-0.25, -0.2) is 9.36 Å². The zero-order valence-corrected chi connectivity index (χ0v) is 18.0. The molecule has 3 aromatic heterocycles. The number of nitrogens with zero attached hydrogens (tertiary/aromatic N) is 3. The van der Waals surface area contributed by atoms with Crippen molar-refractivity contribution in [3.8, 4) is 28.1 Å². The highest BCUT2D eigenvalue weighted by molar-refractivity contribution is 7.25. The third-order valence-electron chi connectivity index (χ3n) is 5.57. The van der Waals surface area contributed by atoms with Crippen LogP contribution in [0.15, 0.2) is 101 Å². The van der Waals surface area contributed by atoms with Crippen LogP contribution in [0.25, 0.3) is 48.5 Å². The van der Waals surface area contributed by atoms with E-state index in [0.29, 0.717) is 26.4 Å². The number of aromatic amines is 1. The van der Waals surface area contributed by atoms with Gasteiger partial charge >= 0.3 is 5.69 Å². The summed E-state index contributed by atoms with van der Waals surface area (Å²) in [5.41, 5.74) is 3.52. The summed E-state index contributed by atoms with van der Waals surface area (Å²) in [4.78, 5) is 30.1. The fourth-order valence-electron chi connectivity index (χ4n) is 4.11. The molecule has 0 radical (unpaired) electrons. The predicted molar refractivity (Wildman–Crippen MR) is 132 cm³/mol. The molecule has 0 aliphatic rings. The fraction of sp³-hybridized carbons (Fsp3) is 0. The number of para-hydroxylation sites is 1. The second-order valence-electron chi connectivity index (χ2n) is 7.55. The molecule has 6 rings (SSSR count). The topological polar surface area (TPSA) is 80.6 Å². The molecule has 0 amide bonds. The number of rotatable bonds is 3. The first-order valence-corrected chi connectivity index (χ1v) is 11.2. The van der Waals surface area contributed by atoms with Crippen LogP contribution in [0.4, 0.5) is 0 Å². The number of aromatic nitrogens is 4. The van der Waals surface area contributed by atoms with Gasteiger partial charge in [0.25, 0.3) is 5.56 Å². The SMILES string of the molecule is O=c1[nH]c2c(sc3nnc(-c4ccccc4)c(-c4ccccc4)c32)c(=O)n1-c1ccccc1. The Labute approximate surface area is 191 Å². The summed E-state index contributed by atoms with van der Waals surface area (Å²) in [5, 5.41) is 9.72. The first kappa shape index (κ1) is 19.3. The summed E-state index contributed by atoms with van der Waals surface area (Å²) < 4.78 is 1.59. The van der Waals surface area contributed by atoms with Gasteiger partial charge in [0.2, 0.25) is 0 Å². The van der Waals surface area contributed by atoms with E-state index in [1.54, 1.807) is 24.3 Å². The molecular formula is C26H16N4O2S. The fourth-order valence-corrected chi connectivity index (χ4v) is 5.12. The van der Waals surface area contributed by atoms with E-state index in [1.165, 1.54) is 11.3 Å². The molecule has 0 atom stereocenters. The molecule has 0 fully saturated rings. The summed E-state index contributed by atoms with van der Waals surface area (Å²) >= 11 is 1.24. The van der Waals surface area contributed by atoms with Gasteiger partial charge in [-0.3, -0.25) is 4.79 Å². The maximum Gasteiger partial charge on any atom is 0.333 e. The van der Waals surface area contributed by atoms with Gasteiger partial charge in [-0.1, -0.05) is 78.9 Å². The average Bonchev–Trinajstić information content (AvgIpc) is 3.24. The van der Waals surface area contributed by atoms with Crippen molar-refractivity contribution in [1.82, 2.24) is 19.7 Å². The maximum atomic E-state index is 13.4. The number of H-pyrrole nitrogens is 1. The van der Waals surface area contributed by atoms with E-state index in [4.69, 9.17) is 0 Å². The van der Waals surface area contributed by atoms with Crippen LogP contribution in [0.3, 0.4) is 0 Å². The van der Waals surface area contributed by atoms with Crippen LogP contribution < -0.4 is 11.2 Å². The van der Waals surface area contributed by atoms with Crippen molar-refractivity contribution in [3.63, 3.8) is 0 Å². The highest BCUT2D eigenvalue weighted by Gasteiger charge is 2.22. The van der Waals surface area contributed by atoms with E-state index in [2.05, 4.69) is 15.2 Å². The van der Waals surface area contributed by atoms with E-state index in [-0.39, 0.29) is 5.56 Å². The molecule has 0 aliphatic carbocycles. The van der Waals surface area contributed by atoms with Gasteiger partial charge in [0.05, 0.1) is 11.2 Å². The summed E-state index contributed by atoms with van der Waals surface area (Å²) in [6, 6.07) is 28.5. The minimum atomic E-state index is -0.490. The lowest BCUT2D eigenvalue weighted by Gasteiger charge is -2.10. The molecule has 0 bridgehead atoms. The molecule has 0 unspecified atom stereocenters. The molecule has 0 aliphatic heterocycles. The molecule has 6 nitrogen and oxygen atoms in total. The minimum absolute atomic E-state index is 0.372. The number of nitrogens with one attached hydrogen (secondary N) is 1. The summed E-state index contributed by atoms with van der Waals surface area (Å²) in [5.74, 6) is 0. The quantitative estimate of drug-likeness (QED) is 0.412. The van der Waals surface area contributed by atoms with Gasteiger partial charge in [0, 0.05) is 16.5 Å². The lowest BCUT2D eigenvalue weighted by Crippen LogP contribution is -2.32. The Balaban J connectivity index is 1.76. The van der Waals surface area contributed by atoms with Crippen molar-refractivity contribution in [2.75, 3.05) is 0 Å². The molecule has 0 saturated carbocycles. The molecule has 0 spiro atoms. The molecule has 1 N–H and O–H groups in total. The van der Waals surface area contributed by atoms with Crippen molar-refractivity contribution in [2.45, 2.75) is 0 Å². The van der Waals surface area contributed by atoms with Gasteiger partial charge in [-0.2, -0.15) is 0 Å². The van der Waals surface area contributed by atoms with Crippen LogP contribution in [0.5, 0.6) is 0 Å². The van der Waals surface area contributed by atoms with Crippen LogP contribution >= 0.6 is 11.3 Å². The second-order valence-corrected chi connectivity index (χ2v) is 8.55. The van der Waals surface area contributed by atoms with E-state index in [0.717, 1.165) is 26.6 Å². The van der Waals surface area contributed by atoms with E-state index in [1.807, 2.05) is 66.7 Å². The maximum absolute atomic E-state index is 13.4. The Morgan fingerprint density at radius 1 is 0.727 bits per heavy atom. The number of thiophene rings is 1. The molecule has 0 saturated heterocycles. The van der Waals surface area contributed by atoms with Crippen molar-refractivity contribution < 1.29 is 0 Å². The number of benzene rings is 3. The smallest absolute Gasteiger partial charge is 0.305 e. The van der Waals surface area contributed by atoms with Crippen LogP contribution in [-0.4, -0.2) is 19.7 Å². The molecule has 7 heteroatoms. The van der Waals surface area contributed by atoms with Crippen molar-refractivity contribution in [2.24, 2.45) is 0 Å². The van der Waals surface area contributed by atoms with E-state index in [9.17, 15) is 9.59 Å². The Bertz CT molecular complexity index is 1740. The van der Waals surface area contributed by atoms with E-state index < -0.39 is 5.69 Å². The van der Waals surface area contributed by atoms with Gasteiger partial charge < -0.3 is 4.98 Å². The largest absolute Gasteiger partial charge is 0.333 e. The third kappa shape index (κ3) is 3.09. The predicted octanol–water partition coefficient (Wildman–Crippen LogP) is 5.02. The lowest BCUT2D eigenvalue weighted by molar-refractivity contribution is 0.905. The molecule has 158 valence electrons. The minimum Gasteiger partial charge on any atom is -0.305 e.